The van der Waals surface area contributed by atoms with E-state index in [4.69, 9.17) is 9.40 Å². The van der Waals surface area contributed by atoms with Gasteiger partial charge in [0.05, 0.1) is 29.5 Å². The van der Waals surface area contributed by atoms with Gasteiger partial charge in [0, 0.05) is 11.1 Å². The van der Waals surface area contributed by atoms with Gasteiger partial charge in [-0.3, -0.25) is 4.98 Å². The van der Waals surface area contributed by atoms with Gasteiger partial charge in [-0.05, 0) is 109 Å². The van der Waals surface area contributed by atoms with Gasteiger partial charge in [0.15, 0.2) is 5.58 Å². The molecule has 2 heterocycles. The first-order chi connectivity index (χ1) is 27.7. The van der Waals surface area contributed by atoms with Gasteiger partial charge in [-0.1, -0.05) is 152 Å². The van der Waals surface area contributed by atoms with E-state index in [1.165, 1.54) is 60.3 Å². The Morgan fingerprint density at radius 2 is 1.20 bits per heavy atom. The lowest BCUT2D eigenvalue weighted by atomic mass is 9.91. The summed E-state index contributed by atoms with van der Waals surface area (Å²) >= 11 is 0. The first-order valence-corrected chi connectivity index (χ1v) is 19.3. The highest BCUT2D eigenvalue weighted by molar-refractivity contribution is 6.15. The van der Waals surface area contributed by atoms with Gasteiger partial charge in [-0.25, -0.2) is 0 Å². The lowest BCUT2D eigenvalue weighted by Crippen LogP contribution is -2.30. The highest BCUT2D eigenvalue weighted by Gasteiger charge is 2.25. The van der Waals surface area contributed by atoms with E-state index in [1.54, 1.807) is 0 Å². The molecule has 0 saturated carbocycles. The maximum absolute atomic E-state index is 6.54. The molecule has 0 spiro atoms. The molecule has 0 amide bonds. The summed E-state index contributed by atoms with van der Waals surface area (Å²) in [5.74, 6) is 0. The Bertz CT molecular complexity index is 3170. The van der Waals surface area contributed by atoms with Crippen molar-refractivity contribution in [2.75, 3.05) is 4.90 Å². The molecule has 1 atom stereocenters. The van der Waals surface area contributed by atoms with Crippen molar-refractivity contribution in [3.63, 3.8) is 0 Å². The van der Waals surface area contributed by atoms with Crippen LogP contribution in [-0.2, 0) is 0 Å². The molecule has 2 aromatic heterocycles. The number of rotatable bonds is 6. The zero-order valence-corrected chi connectivity index (χ0v) is 30.6. The van der Waals surface area contributed by atoms with Crippen LogP contribution in [-0.4, -0.2) is 11.0 Å². The van der Waals surface area contributed by atoms with Crippen molar-refractivity contribution >= 4 is 71.2 Å². The molecule has 0 saturated heterocycles. The predicted molar refractivity (Wildman–Crippen MR) is 235 cm³/mol. The molecule has 1 aliphatic rings. The summed E-state index contributed by atoms with van der Waals surface area (Å²) in [6.07, 6.45) is 11.7. The van der Waals surface area contributed by atoms with Crippen molar-refractivity contribution < 1.29 is 4.42 Å². The number of furan rings is 1. The topological polar surface area (TPSA) is 29.3 Å². The lowest BCUT2D eigenvalue weighted by Gasteiger charge is -2.33. The van der Waals surface area contributed by atoms with E-state index < -0.39 is 0 Å². The molecule has 56 heavy (non-hydrogen) atoms. The van der Waals surface area contributed by atoms with Crippen LogP contribution in [0.3, 0.4) is 0 Å². The third-order valence-corrected chi connectivity index (χ3v) is 11.4. The molecule has 0 fully saturated rings. The smallest absolute Gasteiger partial charge is 0.155 e. The second kappa shape index (κ2) is 13.3. The molecule has 3 heteroatoms. The number of fused-ring (bicyclic) bond motifs is 6. The highest BCUT2D eigenvalue weighted by atomic mass is 16.3. The maximum atomic E-state index is 6.54. The van der Waals surface area contributed by atoms with Gasteiger partial charge in [0.25, 0.3) is 0 Å². The molecule has 0 N–H and O–H groups in total. The number of allylic oxidation sites excluding steroid dienone is 2. The van der Waals surface area contributed by atoms with Crippen molar-refractivity contribution in [3.8, 4) is 22.3 Å². The normalized spacial score (nSPS) is 14.2. The van der Waals surface area contributed by atoms with Crippen LogP contribution in [0.25, 0.3) is 82.1 Å². The summed E-state index contributed by atoms with van der Waals surface area (Å²) in [6, 6.07) is 61.2. The quantitative estimate of drug-likeness (QED) is 0.172. The molecule has 0 bridgehead atoms. The van der Waals surface area contributed by atoms with Crippen LogP contribution in [0.4, 0.5) is 11.4 Å². The van der Waals surface area contributed by atoms with Gasteiger partial charge in [-0.2, -0.15) is 0 Å². The number of anilines is 2. The Morgan fingerprint density at radius 1 is 0.500 bits per heavy atom. The van der Waals surface area contributed by atoms with Crippen molar-refractivity contribution in [2.24, 2.45) is 0 Å². The molecule has 264 valence electrons. The van der Waals surface area contributed by atoms with Crippen molar-refractivity contribution in [1.29, 1.82) is 0 Å². The van der Waals surface area contributed by atoms with E-state index in [0.717, 1.165) is 45.1 Å². The van der Waals surface area contributed by atoms with Gasteiger partial charge in [-0.15, -0.1) is 0 Å². The largest absolute Gasteiger partial charge is 0.454 e. The van der Waals surface area contributed by atoms with Gasteiger partial charge in [0.1, 0.15) is 5.58 Å². The van der Waals surface area contributed by atoms with Gasteiger partial charge >= 0.3 is 0 Å². The molecular formula is C53H36N2O. The van der Waals surface area contributed by atoms with E-state index in [9.17, 15) is 0 Å². The summed E-state index contributed by atoms with van der Waals surface area (Å²) in [5, 5.41) is 9.50. The average Bonchev–Trinajstić information content (AvgIpc) is 3.64. The van der Waals surface area contributed by atoms with Crippen LogP contribution in [0.5, 0.6) is 0 Å². The van der Waals surface area contributed by atoms with Crippen LogP contribution in [0, 0.1) is 0 Å². The van der Waals surface area contributed by atoms with Crippen LogP contribution >= 0.6 is 0 Å². The summed E-state index contributed by atoms with van der Waals surface area (Å²) in [7, 11) is 0. The molecule has 0 radical (unpaired) electrons. The Morgan fingerprint density at radius 3 is 1.98 bits per heavy atom. The number of pyridine rings is 1. The number of hydrogen-bond acceptors (Lipinski definition) is 3. The minimum atomic E-state index is 0.0413. The Hall–Kier alpha value is -7.23. The SMILES string of the molecule is C1=CC(N(c2ccc(-c3cc(-c4ccccc4)cc4ccccc34)cc2)c2cncc3oc4cc5ccccc5cc4c23)CC=C1c1cccc2ccccc12. The third-order valence-electron chi connectivity index (χ3n) is 11.4. The zero-order valence-electron chi connectivity index (χ0n) is 30.6. The number of hydrogen-bond donors (Lipinski definition) is 0. The second-order valence-corrected chi connectivity index (χ2v) is 14.7. The monoisotopic (exact) mass is 716 g/mol. The highest BCUT2D eigenvalue weighted by Crippen LogP contribution is 2.43. The van der Waals surface area contributed by atoms with E-state index in [-0.39, 0.29) is 6.04 Å². The number of nitrogens with zero attached hydrogens (tertiary/aromatic N) is 2. The molecule has 1 aliphatic carbocycles. The van der Waals surface area contributed by atoms with Crippen molar-refractivity contribution in [1.82, 2.24) is 4.98 Å². The van der Waals surface area contributed by atoms with Crippen LogP contribution in [0.15, 0.2) is 205 Å². The second-order valence-electron chi connectivity index (χ2n) is 14.7. The zero-order chi connectivity index (χ0) is 37.0. The fraction of sp³-hybridized carbons (Fsp3) is 0.0377. The number of aromatic nitrogens is 1. The fourth-order valence-electron chi connectivity index (χ4n) is 8.71. The molecule has 8 aromatic carbocycles. The molecule has 1 unspecified atom stereocenters. The third kappa shape index (κ3) is 5.48. The summed E-state index contributed by atoms with van der Waals surface area (Å²) in [4.78, 5) is 7.23. The minimum Gasteiger partial charge on any atom is -0.454 e. The first-order valence-electron chi connectivity index (χ1n) is 19.3. The standard InChI is InChI=1S/C53H36N2O/c1-2-11-35(12-3-1)42-29-41-16-7-9-19-47(41)48(31-42)38-23-27-44(28-24-38)55(43-25-21-37(22-26-43)46-20-10-17-36-13-6-8-18-45(36)46)50-33-54-34-52-53(50)49-30-39-14-4-5-15-40(39)32-51(49)56-52/h1-25,27-34,43H,26H2. The minimum absolute atomic E-state index is 0.0413. The molecule has 10 aromatic rings. The summed E-state index contributed by atoms with van der Waals surface area (Å²) < 4.78 is 6.54. The van der Waals surface area contributed by atoms with Gasteiger partial charge in [0.2, 0.25) is 0 Å². The van der Waals surface area contributed by atoms with Gasteiger partial charge < -0.3 is 9.32 Å². The first kappa shape index (κ1) is 32.2. The number of benzene rings is 8. The molecule has 0 aliphatic heterocycles. The molecule has 3 nitrogen and oxygen atoms in total. The lowest BCUT2D eigenvalue weighted by molar-refractivity contribution is 0.667. The van der Waals surface area contributed by atoms with Crippen LogP contribution in [0.1, 0.15) is 12.0 Å². The summed E-state index contributed by atoms with van der Waals surface area (Å²) in [6.45, 7) is 0. The Labute approximate surface area is 325 Å². The summed E-state index contributed by atoms with van der Waals surface area (Å²) in [5.41, 5.74) is 11.1. The molecular weight excluding hydrogens is 681 g/mol. The molecule has 11 rings (SSSR count). The Balaban J connectivity index is 1.05. The van der Waals surface area contributed by atoms with E-state index >= 15 is 0 Å². The van der Waals surface area contributed by atoms with E-state index in [0.29, 0.717) is 0 Å². The van der Waals surface area contributed by atoms with Crippen LogP contribution in [0.2, 0.25) is 0 Å². The average molecular weight is 717 g/mol. The van der Waals surface area contributed by atoms with Crippen molar-refractivity contribution in [3.05, 3.63) is 206 Å². The maximum Gasteiger partial charge on any atom is 0.155 e. The Kier molecular flexibility index (Phi) is 7.63. The van der Waals surface area contributed by atoms with E-state index in [1.807, 2.05) is 12.4 Å². The van der Waals surface area contributed by atoms with Crippen molar-refractivity contribution in [2.45, 2.75) is 12.5 Å². The van der Waals surface area contributed by atoms with E-state index in [2.05, 4.69) is 193 Å². The predicted octanol–water partition coefficient (Wildman–Crippen LogP) is 14.3. The fourth-order valence-corrected chi connectivity index (χ4v) is 8.71. The van der Waals surface area contributed by atoms with Crippen LogP contribution < -0.4 is 4.90 Å².